The molecule has 0 radical (unpaired) electrons. The molecule has 0 fully saturated rings. The zero-order valence-corrected chi connectivity index (χ0v) is 15.0. The van der Waals surface area contributed by atoms with Crippen LogP contribution in [0.3, 0.4) is 0 Å². The number of amides is 2. The SMILES string of the molecule is CC(C)C[C@H](NC(=O)[C@H](CC(C)C)NC(=O)c1cnccn1)C(=O)O. The van der Waals surface area contributed by atoms with E-state index in [1.54, 1.807) is 0 Å². The van der Waals surface area contributed by atoms with E-state index in [9.17, 15) is 19.5 Å². The Hall–Kier alpha value is -2.51. The second-order valence-corrected chi connectivity index (χ2v) is 6.78. The van der Waals surface area contributed by atoms with Gasteiger partial charge >= 0.3 is 5.97 Å². The minimum atomic E-state index is -1.09. The number of nitrogens with zero attached hydrogens (tertiary/aromatic N) is 2. The monoisotopic (exact) mass is 350 g/mol. The van der Waals surface area contributed by atoms with E-state index in [-0.39, 0.29) is 17.5 Å². The van der Waals surface area contributed by atoms with Crippen molar-refractivity contribution in [2.24, 2.45) is 11.8 Å². The van der Waals surface area contributed by atoms with Gasteiger partial charge in [-0.1, -0.05) is 27.7 Å². The van der Waals surface area contributed by atoms with Crippen LogP contribution in [-0.4, -0.2) is 44.9 Å². The molecule has 138 valence electrons. The summed E-state index contributed by atoms with van der Waals surface area (Å²) in [7, 11) is 0. The third-order valence-electron chi connectivity index (χ3n) is 3.45. The van der Waals surface area contributed by atoms with Gasteiger partial charge in [0.2, 0.25) is 5.91 Å². The molecule has 1 rings (SSSR count). The molecule has 8 heteroatoms. The maximum absolute atomic E-state index is 12.5. The van der Waals surface area contributed by atoms with Crippen LogP contribution in [-0.2, 0) is 9.59 Å². The van der Waals surface area contributed by atoms with E-state index in [1.807, 2.05) is 27.7 Å². The van der Waals surface area contributed by atoms with Crippen LogP contribution >= 0.6 is 0 Å². The first-order valence-electron chi connectivity index (χ1n) is 8.30. The number of hydrogen-bond donors (Lipinski definition) is 3. The van der Waals surface area contributed by atoms with Crippen molar-refractivity contribution in [1.29, 1.82) is 0 Å². The van der Waals surface area contributed by atoms with E-state index in [0.717, 1.165) is 0 Å². The van der Waals surface area contributed by atoms with Crippen LogP contribution in [0.1, 0.15) is 51.0 Å². The summed E-state index contributed by atoms with van der Waals surface area (Å²) in [5, 5.41) is 14.4. The van der Waals surface area contributed by atoms with E-state index in [0.29, 0.717) is 12.8 Å². The lowest BCUT2D eigenvalue weighted by Crippen LogP contribution is -2.52. The summed E-state index contributed by atoms with van der Waals surface area (Å²) in [6.07, 6.45) is 4.83. The number of carboxylic acid groups (broad SMARTS) is 1. The van der Waals surface area contributed by atoms with Gasteiger partial charge in [-0.2, -0.15) is 0 Å². The summed E-state index contributed by atoms with van der Waals surface area (Å²) in [6, 6.07) is -1.83. The lowest BCUT2D eigenvalue weighted by Gasteiger charge is -2.23. The summed E-state index contributed by atoms with van der Waals surface area (Å²) in [5.41, 5.74) is 0.0982. The highest BCUT2D eigenvalue weighted by Crippen LogP contribution is 2.09. The average Bonchev–Trinajstić information content (AvgIpc) is 2.53. The molecule has 0 aliphatic heterocycles. The highest BCUT2D eigenvalue weighted by Gasteiger charge is 2.28. The van der Waals surface area contributed by atoms with Gasteiger partial charge < -0.3 is 15.7 Å². The second kappa shape index (κ2) is 9.71. The molecule has 0 unspecified atom stereocenters. The largest absolute Gasteiger partial charge is 0.480 e. The Labute approximate surface area is 147 Å². The van der Waals surface area contributed by atoms with Gasteiger partial charge in [-0.05, 0) is 24.7 Å². The predicted molar refractivity (Wildman–Crippen MR) is 91.8 cm³/mol. The quantitative estimate of drug-likeness (QED) is 0.616. The number of carboxylic acids is 1. The molecule has 8 nitrogen and oxygen atoms in total. The van der Waals surface area contributed by atoms with Crippen LogP contribution in [0.25, 0.3) is 0 Å². The van der Waals surface area contributed by atoms with Crippen molar-refractivity contribution in [2.75, 3.05) is 0 Å². The smallest absolute Gasteiger partial charge is 0.326 e. The summed E-state index contributed by atoms with van der Waals surface area (Å²) in [4.78, 5) is 43.8. The Morgan fingerprint density at radius 3 is 2.08 bits per heavy atom. The Balaban J connectivity index is 2.84. The van der Waals surface area contributed by atoms with Crippen molar-refractivity contribution in [2.45, 2.75) is 52.6 Å². The van der Waals surface area contributed by atoms with Crippen LogP contribution < -0.4 is 10.6 Å². The molecule has 2 amide bonds. The molecule has 0 aromatic carbocycles. The topological polar surface area (TPSA) is 121 Å². The molecule has 0 spiro atoms. The van der Waals surface area contributed by atoms with Gasteiger partial charge in [0.15, 0.2) is 0 Å². The molecule has 0 aliphatic carbocycles. The van der Waals surface area contributed by atoms with Crippen LogP contribution in [0.5, 0.6) is 0 Å². The molecule has 1 aromatic heterocycles. The fourth-order valence-corrected chi connectivity index (χ4v) is 2.32. The number of carbonyl (C=O) groups excluding carboxylic acids is 2. The van der Waals surface area contributed by atoms with Crippen LogP contribution in [0, 0.1) is 11.8 Å². The number of aromatic nitrogens is 2. The fraction of sp³-hybridized carbons (Fsp3) is 0.588. The molecule has 0 bridgehead atoms. The third kappa shape index (κ3) is 7.28. The molecule has 3 N–H and O–H groups in total. The van der Waals surface area contributed by atoms with E-state index in [2.05, 4.69) is 20.6 Å². The molecule has 0 saturated heterocycles. The van der Waals surface area contributed by atoms with Crippen molar-refractivity contribution in [3.8, 4) is 0 Å². The third-order valence-corrected chi connectivity index (χ3v) is 3.45. The zero-order valence-electron chi connectivity index (χ0n) is 15.0. The molecule has 0 aliphatic rings. The molecular weight excluding hydrogens is 324 g/mol. The number of nitrogens with one attached hydrogen (secondary N) is 2. The van der Waals surface area contributed by atoms with Crippen LogP contribution in [0.15, 0.2) is 18.6 Å². The summed E-state index contributed by atoms with van der Waals surface area (Å²) in [5.74, 6) is -1.89. The van der Waals surface area contributed by atoms with Crippen molar-refractivity contribution in [1.82, 2.24) is 20.6 Å². The van der Waals surface area contributed by atoms with Gasteiger partial charge in [-0.3, -0.25) is 14.6 Å². The number of aliphatic carboxylic acids is 1. The van der Waals surface area contributed by atoms with E-state index in [4.69, 9.17) is 0 Å². The maximum Gasteiger partial charge on any atom is 0.326 e. The average molecular weight is 350 g/mol. The maximum atomic E-state index is 12.5. The lowest BCUT2D eigenvalue weighted by molar-refractivity contribution is -0.142. The van der Waals surface area contributed by atoms with E-state index >= 15 is 0 Å². The first-order chi connectivity index (χ1) is 11.7. The van der Waals surface area contributed by atoms with Gasteiger partial charge in [0, 0.05) is 12.4 Å². The van der Waals surface area contributed by atoms with Gasteiger partial charge in [-0.15, -0.1) is 0 Å². The van der Waals surface area contributed by atoms with Crippen LogP contribution in [0.2, 0.25) is 0 Å². The standard InChI is InChI=1S/C17H26N4O4/c1-10(2)7-12(20-16(23)14-9-18-5-6-19-14)15(22)21-13(17(24)25)8-11(3)4/h5-6,9-13H,7-8H2,1-4H3,(H,20,23)(H,21,22)(H,24,25)/t12-,13-/m0/s1. The Morgan fingerprint density at radius 1 is 1.00 bits per heavy atom. The van der Waals surface area contributed by atoms with Crippen molar-refractivity contribution >= 4 is 17.8 Å². The molecule has 2 atom stereocenters. The summed E-state index contributed by atoms with van der Waals surface area (Å²) >= 11 is 0. The summed E-state index contributed by atoms with van der Waals surface area (Å²) < 4.78 is 0. The molecular formula is C17H26N4O4. The van der Waals surface area contributed by atoms with Crippen molar-refractivity contribution in [3.63, 3.8) is 0 Å². The number of hydrogen-bond acceptors (Lipinski definition) is 5. The highest BCUT2D eigenvalue weighted by molar-refractivity contribution is 5.96. The second-order valence-electron chi connectivity index (χ2n) is 6.78. The number of rotatable bonds is 9. The lowest BCUT2D eigenvalue weighted by atomic mass is 10.0. The minimum absolute atomic E-state index is 0.0982. The molecule has 1 heterocycles. The van der Waals surface area contributed by atoms with Crippen LogP contribution in [0.4, 0.5) is 0 Å². The molecule has 25 heavy (non-hydrogen) atoms. The van der Waals surface area contributed by atoms with E-state index in [1.165, 1.54) is 18.6 Å². The minimum Gasteiger partial charge on any atom is -0.480 e. The van der Waals surface area contributed by atoms with Crippen molar-refractivity contribution < 1.29 is 19.5 Å². The first-order valence-corrected chi connectivity index (χ1v) is 8.30. The van der Waals surface area contributed by atoms with E-state index < -0.39 is 29.9 Å². The Kier molecular flexibility index (Phi) is 7.97. The molecule has 1 aromatic rings. The van der Waals surface area contributed by atoms with Gasteiger partial charge in [-0.25, -0.2) is 9.78 Å². The normalized spacial score (nSPS) is 13.4. The fourth-order valence-electron chi connectivity index (χ4n) is 2.32. The van der Waals surface area contributed by atoms with Gasteiger partial charge in [0.25, 0.3) is 5.91 Å². The highest BCUT2D eigenvalue weighted by atomic mass is 16.4. The molecule has 0 saturated carbocycles. The first kappa shape index (κ1) is 20.5. The predicted octanol–water partition coefficient (Wildman–Crippen LogP) is 1.24. The Bertz CT molecular complexity index is 590. The van der Waals surface area contributed by atoms with Gasteiger partial charge in [0.1, 0.15) is 17.8 Å². The van der Waals surface area contributed by atoms with Gasteiger partial charge in [0.05, 0.1) is 6.20 Å². The zero-order chi connectivity index (χ0) is 19.0. The van der Waals surface area contributed by atoms with Crippen molar-refractivity contribution in [3.05, 3.63) is 24.3 Å². The number of carbonyl (C=O) groups is 3. The summed E-state index contributed by atoms with van der Waals surface area (Å²) in [6.45, 7) is 7.59. The Morgan fingerprint density at radius 2 is 1.60 bits per heavy atom.